The Kier molecular flexibility index (Phi) is 5.43. The van der Waals surface area contributed by atoms with Crippen molar-refractivity contribution in [2.24, 2.45) is 5.92 Å². The summed E-state index contributed by atoms with van der Waals surface area (Å²) in [7, 11) is -0.164. The van der Waals surface area contributed by atoms with Gasteiger partial charge in [0.25, 0.3) is 0 Å². The molecule has 1 aliphatic carbocycles. The van der Waals surface area contributed by atoms with Gasteiger partial charge < -0.3 is 14.5 Å². The Hall–Kier alpha value is -0.890. The molecule has 1 aliphatic rings. The van der Waals surface area contributed by atoms with Crippen LogP contribution < -0.4 is 5.32 Å². The molecule has 0 atom stereocenters. The molecule has 0 spiro atoms. The first-order valence-corrected chi connectivity index (χ1v) is 8.67. The SMILES string of the molecule is CNCc1cc(S(=O)(=O)N(C)CCOCC2CC2)c(C)o1. The normalized spacial score (nSPS) is 15.8. The molecule has 0 unspecified atom stereocenters. The molecule has 0 aliphatic heterocycles. The zero-order valence-electron chi connectivity index (χ0n) is 12.9. The monoisotopic (exact) mass is 316 g/mol. The van der Waals surface area contributed by atoms with Crippen molar-refractivity contribution in [2.45, 2.75) is 31.2 Å². The summed E-state index contributed by atoms with van der Waals surface area (Å²) in [5, 5.41) is 2.94. The summed E-state index contributed by atoms with van der Waals surface area (Å²) < 4.78 is 37.3. The fraction of sp³-hybridized carbons (Fsp3) is 0.714. The Labute approximate surface area is 126 Å². The van der Waals surface area contributed by atoms with Gasteiger partial charge in [-0.25, -0.2) is 8.42 Å². The number of nitrogens with one attached hydrogen (secondary N) is 1. The molecule has 0 aromatic carbocycles. The van der Waals surface area contributed by atoms with Gasteiger partial charge in [0.2, 0.25) is 10.0 Å². The molecule has 2 rings (SSSR count). The van der Waals surface area contributed by atoms with Gasteiger partial charge in [-0.2, -0.15) is 4.31 Å². The second-order valence-electron chi connectivity index (χ2n) is 5.51. The lowest BCUT2D eigenvalue weighted by Crippen LogP contribution is -2.30. The lowest BCUT2D eigenvalue weighted by molar-refractivity contribution is 0.117. The van der Waals surface area contributed by atoms with Crippen LogP contribution >= 0.6 is 0 Å². The van der Waals surface area contributed by atoms with Crippen LogP contribution in [0.5, 0.6) is 0 Å². The second-order valence-corrected chi connectivity index (χ2v) is 7.52. The maximum absolute atomic E-state index is 12.5. The van der Waals surface area contributed by atoms with Crippen molar-refractivity contribution in [3.05, 3.63) is 17.6 Å². The van der Waals surface area contributed by atoms with Crippen LogP contribution in [0.25, 0.3) is 0 Å². The van der Waals surface area contributed by atoms with Gasteiger partial charge in [0.05, 0.1) is 13.2 Å². The molecule has 0 amide bonds. The van der Waals surface area contributed by atoms with Crippen molar-refractivity contribution in [1.82, 2.24) is 9.62 Å². The van der Waals surface area contributed by atoms with Crippen LogP contribution in [-0.4, -0.2) is 46.6 Å². The first-order chi connectivity index (χ1) is 9.95. The zero-order chi connectivity index (χ0) is 15.5. The van der Waals surface area contributed by atoms with E-state index in [2.05, 4.69) is 5.32 Å². The minimum absolute atomic E-state index is 0.234. The summed E-state index contributed by atoms with van der Waals surface area (Å²) in [6, 6.07) is 1.59. The highest BCUT2D eigenvalue weighted by molar-refractivity contribution is 7.89. The van der Waals surface area contributed by atoms with Crippen LogP contribution in [0, 0.1) is 12.8 Å². The van der Waals surface area contributed by atoms with Crippen LogP contribution in [0.3, 0.4) is 0 Å². The van der Waals surface area contributed by atoms with Crippen LogP contribution in [0.15, 0.2) is 15.4 Å². The van der Waals surface area contributed by atoms with Gasteiger partial charge in [0.1, 0.15) is 16.4 Å². The van der Waals surface area contributed by atoms with Gasteiger partial charge in [-0.05, 0) is 32.7 Å². The van der Waals surface area contributed by atoms with Crippen molar-refractivity contribution >= 4 is 10.0 Å². The number of sulfonamides is 1. The van der Waals surface area contributed by atoms with Crippen molar-refractivity contribution in [2.75, 3.05) is 33.9 Å². The van der Waals surface area contributed by atoms with Gasteiger partial charge in [0.15, 0.2) is 0 Å². The highest BCUT2D eigenvalue weighted by Crippen LogP contribution is 2.28. The number of hydrogen-bond acceptors (Lipinski definition) is 5. The van der Waals surface area contributed by atoms with Gasteiger partial charge in [-0.1, -0.05) is 0 Å². The molecule has 1 aromatic heterocycles. The number of aryl methyl sites for hydroxylation is 1. The van der Waals surface area contributed by atoms with Gasteiger partial charge in [0, 0.05) is 26.3 Å². The van der Waals surface area contributed by atoms with Crippen molar-refractivity contribution in [3.63, 3.8) is 0 Å². The maximum Gasteiger partial charge on any atom is 0.246 e. The topological polar surface area (TPSA) is 71.8 Å². The summed E-state index contributed by atoms with van der Waals surface area (Å²) in [4.78, 5) is 0.234. The fourth-order valence-electron chi connectivity index (χ4n) is 2.06. The molecule has 1 fully saturated rings. The number of furan rings is 1. The quantitative estimate of drug-likeness (QED) is 0.696. The van der Waals surface area contributed by atoms with Crippen LogP contribution in [0.4, 0.5) is 0 Å². The highest BCUT2D eigenvalue weighted by atomic mass is 32.2. The average Bonchev–Trinajstić information content (AvgIpc) is 3.17. The van der Waals surface area contributed by atoms with Crippen LogP contribution in [0.1, 0.15) is 24.4 Å². The third kappa shape index (κ3) is 4.29. The zero-order valence-corrected chi connectivity index (χ0v) is 13.7. The van der Waals surface area contributed by atoms with E-state index in [1.807, 2.05) is 0 Å². The molecule has 0 radical (unpaired) electrons. The lowest BCUT2D eigenvalue weighted by Gasteiger charge is -2.16. The first-order valence-electron chi connectivity index (χ1n) is 7.23. The minimum Gasteiger partial charge on any atom is -0.464 e. The predicted molar refractivity (Wildman–Crippen MR) is 79.6 cm³/mol. The van der Waals surface area contributed by atoms with E-state index < -0.39 is 10.0 Å². The molecule has 0 saturated heterocycles. The maximum atomic E-state index is 12.5. The van der Waals surface area contributed by atoms with Gasteiger partial charge in [-0.15, -0.1) is 0 Å². The van der Waals surface area contributed by atoms with E-state index in [-0.39, 0.29) is 4.90 Å². The molecular formula is C14H24N2O4S. The Morgan fingerprint density at radius 1 is 1.48 bits per heavy atom. The molecular weight excluding hydrogens is 292 g/mol. The first kappa shape index (κ1) is 16.5. The Balaban J connectivity index is 1.94. The van der Waals surface area contributed by atoms with E-state index in [4.69, 9.17) is 9.15 Å². The number of hydrogen-bond donors (Lipinski definition) is 1. The van der Waals surface area contributed by atoms with Crippen molar-refractivity contribution in [1.29, 1.82) is 0 Å². The summed E-state index contributed by atoms with van der Waals surface area (Å²) >= 11 is 0. The molecule has 120 valence electrons. The van der Waals surface area contributed by atoms with Gasteiger partial charge >= 0.3 is 0 Å². The second kappa shape index (κ2) is 6.91. The lowest BCUT2D eigenvalue weighted by atomic mass is 10.4. The molecule has 1 N–H and O–H groups in total. The van der Waals surface area contributed by atoms with Crippen molar-refractivity contribution < 1.29 is 17.6 Å². The van der Waals surface area contributed by atoms with Gasteiger partial charge in [-0.3, -0.25) is 0 Å². The molecule has 1 saturated carbocycles. The Morgan fingerprint density at radius 2 is 2.19 bits per heavy atom. The molecule has 6 nitrogen and oxygen atoms in total. The summed E-state index contributed by atoms with van der Waals surface area (Å²) in [6.07, 6.45) is 2.47. The smallest absolute Gasteiger partial charge is 0.246 e. The Bertz CT molecular complexity index is 564. The third-order valence-electron chi connectivity index (χ3n) is 3.56. The highest BCUT2D eigenvalue weighted by Gasteiger charge is 2.26. The number of rotatable bonds is 9. The summed E-state index contributed by atoms with van der Waals surface area (Å²) in [6.45, 7) is 3.69. The van der Waals surface area contributed by atoms with E-state index in [9.17, 15) is 8.42 Å². The van der Waals surface area contributed by atoms with E-state index in [0.717, 1.165) is 6.61 Å². The minimum atomic E-state index is -3.52. The van der Waals surface area contributed by atoms with Crippen LogP contribution in [-0.2, 0) is 21.3 Å². The summed E-state index contributed by atoms with van der Waals surface area (Å²) in [5.74, 6) is 1.73. The summed E-state index contributed by atoms with van der Waals surface area (Å²) in [5.41, 5.74) is 0. The third-order valence-corrected chi connectivity index (χ3v) is 5.53. The predicted octanol–water partition coefficient (Wildman–Crippen LogP) is 1.35. The Morgan fingerprint density at radius 3 is 2.81 bits per heavy atom. The molecule has 1 aromatic rings. The van der Waals surface area contributed by atoms with Crippen molar-refractivity contribution in [3.8, 4) is 0 Å². The molecule has 21 heavy (non-hydrogen) atoms. The fourth-order valence-corrected chi connectivity index (χ4v) is 3.39. The number of nitrogens with zero attached hydrogens (tertiary/aromatic N) is 1. The largest absolute Gasteiger partial charge is 0.464 e. The average molecular weight is 316 g/mol. The molecule has 7 heteroatoms. The van der Waals surface area contributed by atoms with E-state index in [1.165, 1.54) is 17.1 Å². The van der Waals surface area contributed by atoms with E-state index in [0.29, 0.717) is 37.1 Å². The van der Waals surface area contributed by atoms with E-state index in [1.54, 1.807) is 27.1 Å². The molecule has 0 bridgehead atoms. The molecule has 1 heterocycles. The number of ether oxygens (including phenoxy) is 1. The standard InChI is InChI=1S/C14H24N2O4S/c1-11-14(8-13(20-11)9-15-2)21(17,18)16(3)6-7-19-10-12-4-5-12/h8,12,15H,4-7,9-10H2,1-3H3. The van der Waals surface area contributed by atoms with Crippen LogP contribution in [0.2, 0.25) is 0 Å². The number of likely N-dealkylation sites (N-methyl/N-ethyl adjacent to an activating group) is 1. The van der Waals surface area contributed by atoms with E-state index >= 15 is 0 Å².